The Morgan fingerprint density at radius 3 is 2.46 bits per heavy atom. The average molecular weight is 391 g/mol. The van der Waals surface area contributed by atoms with Crippen LogP contribution < -0.4 is 14.8 Å². The highest BCUT2D eigenvalue weighted by molar-refractivity contribution is 7.17. The Bertz CT molecular complexity index is 1150. The van der Waals surface area contributed by atoms with Gasteiger partial charge in [0.2, 0.25) is 0 Å². The Hall–Kier alpha value is -3.12. The van der Waals surface area contributed by atoms with E-state index in [1.807, 2.05) is 18.2 Å². The van der Waals surface area contributed by atoms with Crippen LogP contribution in [0.3, 0.4) is 0 Å². The van der Waals surface area contributed by atoms with E-state index in [4.69, 9.17) is 9.47 Å². The first-order chi connectivity index (χ1) is 13.6. The Labute approximate surface area is 168 Å². The number of thiophene rings is 1. The highest BCUT2D eigenvalue weighted by atomic mass is 32.1. The fourth-order valence-corrected chi connectivity index (χ4v) is 4.06. The zero-order chi connectivity index (χ0) is 19.7. The highest BCUT2D eigenvalue weighted by Crippen LogP contribution is 2.39. The van der Waals surface area contributed by atoms with Gasteiger partial charge in [0.25, 0.3) is 0 Å². The zero-order valence-electron chi connectivity index (χ0n) is 16.2. The van der Waals surface area contributed by atoms with Crippen LogP contribution in [0.1, 0.15) is 11.1 Å². The van der Waals surface area contributed by atoms with Crippen LogP contribution in [0.4, 0.5) is 11.5 Å². The van der Waals surface area contributed by atoms with Gasteiger partial charge in [-0.1, -0.05) is 18.2 Å². The largest absolute Gasteiger partial charge is 0.493 e. The Kier molecular flexibility index (Phi) is 4.88. The summed E-state index contributed by atoms with van der Waals surface area (Å²) >= 11 is 1.62. The van der Waals surface area contributed by atoms with E-state index < -0.39 is 0 Å². The standard InChI is InChI=1S/C22H21N3O2S/c1-13-5-6-15(9-14(13)2)17-11-28-22-20(17)21(23-12-24-22)25-16-7-8-18(26-3)19(10-16)27-4/h5-12H,1-4H3,(H,23,24,25). The lowest BCUT2D eigenvalue weighted by Crippen LogP contribution is -1.97. The molecule has 0 fully saturated rings. The normalized spacial score (nSPS) is 10.9. The second-order valence-corrected chi connectivity index (χ2v) is 7.40. The van der Waals surface area contributed by atoms with Crippen LogP contribution in [0.15, 0.2) is 48.1 Å². The summed E-state index contributed by atoms with van der Waals surface area (Å²) in [5.41, 5.74) is 5.72. The molecule has 0 radical (unpaired) electrons. The van der Waals surface area contributed by atoms with Crippen molar-refractivity contribution in [2.24, 2.45) is 0 Å². The molecule has 2 heterocycles. The van der Waals surface area contributed by atoms with E-state index in [-0.39, 0.29) is 0 Å². The van der Waals surface area contributed by atoms with Crippen LogP contribution in [-0.4, -0.2) is 24.2 Å². The van der Waals surface area contributed by atoms with Gasteiger partial charge in [-0.25, -0.2) is 9.97 Å². The predicted octanol–water partition coefficient (Wildman–Crippen LogP) is 5.74. The average Bonchev–Trinajstić information content (AvgIpc) is 3.15. The fraction of sp³-hybridized carbons (Fsp3) is 0.182. The summed E-state index contributed by atoms with van der Waals surface area (Å²) in [7, 11) is 3.25. The number of rotatable bonds is 5. The first kappa shape index (κ1) is 18.3. The molecule has 0 saturated carbocycles. The van der Waals surface area contributed by atoms with Gasteiger partial charge in [0, 0.05) is 22.7 Å². The third kappa shape index (κ3) is 3.27. The minimum absolute atomic E-state index is 0.664. The molecule has 4 aromatic rings. The van der Waals surface area contributed by atoms with E-state index in [0.717, 1.165) is 27.3 Å². The number of aromatic nitrogens is 2. The van der Waals surface area contributed by atoms with Gasteiger partial charge in [-0.15, -0.1) is 11.3 Å². The molecule has 2 aromatic carbocycles. The fourth-order valence-electron chi connectivity index (χ4n) is 3.14. The number of nitrogens with zero attached hydrogens (tertiary/aromatic N) is 2. The van der Waals surface area contributed by atoms with E-state index in [1.54, 1.807) is 31.9 Å². The Balaban J connectivity index is 1.80. The maximum Gasteiger partial charge on any atom is 0.162 e. The van der Waals surface area contributed by atoms with Gasteiger partial charge in [-0.05, 0) is 42.7 Å². The third-order valence-electron chi connectivity index (χ3n) is 4.83. The number of fused-ring (bicyclic) bond motifs is 1. The van der Waals surface area contributed by atoms with E-state index in [1.165, 1.54) is 16.7 Å². The lowest BCUT2D eigenvalue weighted by molar-refractivity contribution is 0.355. The van der Waals surface area contributed by atoms with Gasteiger partial charge in [-0.3, -0.25) is 0 Å². The molecule has 4 rings (SSSR count). The van der Waals surface area contributed by atoms with E-state index in [0.29, 0.717) is 11.5 Å². The first-order valence-corrected chi connectivity index (χ1v) is 9.77. The molecule has 0 aliphatic rings. The minimum atomic E-state index is 0.664. The second kappa shape index (κ2) is 7.48. The SMILES string of the molecule is COc1ccc(Nc2ncnc3scc(-c4ccc(C)c(C)c4)c23)cc1OC. The van der Waals surface area contributed by atoms with E-state index >= 15 is 0 Å². The van der Waals surface area contributed by atoms with Crippen LogP contribution in [0.25, 0.3) is 21.3 Å². The van der Waals surface area contributed by atoms with Crippen molar-refractivity contribution in [2.45, 2.75) is 13.8 Å². The summed E-state index contributed by atoms with van der Waals surface area (Å²) < 4.78 is 10.7. The van der Waals surface area contributed by atoms with Gasteiger partial charge in [0.1, 0.15) is 17.0 Å². The lowest BCUT2D eigenvalue weighted by atomic mass is 10.0. The van der Waals surface area contributed by atoms with Crippen molar-refractivity contribution in [3.8, 4) is 22.6 Å². The molecular formula is C22H21N3O2S. The molecule has 0 aliphatic carbocycles. The number of hydrogen-bond donors (Lipinski definition) is 1. The summed E-state index contributed by atoms with van der Waals surface area (Å²) in [6.45, 7) is 4.25. The zero-order valence-corrected chi connectivity index (χ0v) is 17.1. The molecule has 142 valence electrons. The van der Waals surface area contributed by atoms with Crippen LogP contribution >= 0.6 is 11.3 Å². The molecular weight excluding hydrogens is 370 g/mol. The van der Waals surface area contributed by atoms with E-state index in [9.17, 15) is 0 Å². The molecule has 1 N–H and O–H groups in total. The number of nitrogens with one attached hydrogen (secondary N) is 1. The van der Waals surface area contributed by atoms with Crippen LogP contribution in [-0.2, 0) is 0 Å². The van der Waals surface area contributed by atoms with Gasteiger partial charge < -0.3 is 14.8 Å². The number of benzene rings is 2. The van der Waals surface area contributed by atoms with Crippen molar-refractivity contribution >= 4 is 33.1 Å². The van der Waals surface area contributed by atoms with Crippen molar-refractivity contribution in [3.05, 3.63) is 59.2 Å². The molecule has 0 bridgehead atoms. The minimum Gasteiger partial charge on any atom is -0.493 e. The molecule has 0 atom stereocenters. The Morgan fingerprint density at radius 1 is 0.893 bits per heavy atom. The summed E-state index contributed by atoms with van der Waals surface area (Å²) in [4.78, 5) is 9.91. The van der Waals surface area contributed by atoms with Crippen LogP contribution in [0.2, 0.25) is 0 Å². The summed E-state index contributed by atoms with van der Waals surface area (Å²) in [5, 5.41) is 6.58. The number of aryl methyl sites for hydroxylation is 2. The van der Waals surface area contributed by atoms with Crippen LogP contribution in [0.5, 0.6) is 11.5 Å². The molecule has 0 unspecified atom stereocenters. The van der Waals surface area contributed by atoms with Crippen molar-refractivity contribution in [3.63, 3.8) is 0 Å². The van der Waals surface area contributed by atoms with Crippen molar-refractivity contribution < 1.29 is 9.47 Å². The maximum atomic E-state index is 5.41. The summed E-state index contributed by atoms with van der Waals surface area (Å²) in [6, 6.07) is 12.2. The molecule has 0 spiro atoms. The second-order valence-electron chi connectivity index (χ2n) is 6.55. The van der Waals surface area contributed by atoms with Crippen molar-refractivity contribution in [1.82, 2.24) is 9.97 Å². The number of methoxy groups -OCH3 is 2. The monoisotopic (exact) mass is 391 g/mol. The predicted molar refractivity (Wildman–Crippen MR) is 115 cm³/mol. The molecule has 0 saturated heterocycles. The van der Waals surface area contributed by atoms with Gasteiger partial charge in [0.05, 0.1) is 19.6 Å². The van der Waals surface area contributed by atoms with Crippen molar-refractivity contribution in [1.29, 1.82) is 0 Å². The molecule has 6 heteroatoms. The summed E-state index contributed by atoms with van der Waals surface area (Å²) in [6.07, 6.45) is 1.59. The molecule has 2 aromatic heterocycles. The molecule has 5 nitrogen and oxygen atoms in total. The maximum absolute atomic E-state index is 5.41. The molecule has 0 amide bonds. The van der Waals surface area contributed by atoms with Crippen LogP contribution in [0, 0.1) is 13.8 Å². The lowest BCUT2D eigenvalue weighted by Gasteiger charge is -2.12. The number of hydrogen-bond acceptors (Lipinski definition) is 6. The van der Waals surface area contributed by atoms with Crippen molar-refractivity contribution in [2.75, 3.05) is 19.5 Å². The first-order valence-electron chi connectivity index (χ1n) is 8.89. The molecule has 0 aliphatic heterocycles. The van der Waals surface area contributed by atoms with Gasteiger partial charge in [-0.2, -0.15) is 0 Å². The topological polar surface area (TPSA) is 56.3 Å². The Morgan fingerprint density at radius 2 is 1.71 bits per heavy atom. The number of anilines is 2. The summed E-state index contributed by atoms with van der Waals surface area (Å²) in [5.74, 6) is 2.12. The smallest absolute Gasteiger partial charge is 0.162 e. The highest BCUT2D eigenvalue weighted by Gasteiger charge is 2.14. The van der Waals surface area contributed by atoms with Gasteiger partial charge in [0.15, 0.2) is 11.5 Å². The molecule has 28 heavy (non-hydrogen) atoms. The number of ether oxygens (including phenoxy) is 2. The quantitative estimate of drug-likeness (QED) is 0.470. The third-order valence-corrected chi connectivity index (χ3v) is 5.72. The van der Waals surface area contributed by atoms with E-state index in [2.05, 4.69) is 52.7 Å². The van der Waals surface area contributed by atoms with Gasteiger partial charge >= 0.3 is 0 Å².